The third-order valence-corrected chi connectivity index (χ3v) is 7.17. The molecule has 1 aliphatic rings. The zero-order valence-corrected chi connectivity index (χ0v) is 27.4. The molecule has 21 nitrogen and oxygen atoms in total. The van der Waals surface area contributed by atoms with E-state index in [1.54, 1.807) is 0 Å². The van der Waals surface area contributed by atoms with Crippen molar-refractivity contribution in [3.05, 3.63) is 0 Å². The summed E-state index contributed by atoms with van der Waals surface area (Å²) in [5.41, 5.74) is 0. The van der Waals surface area contributed by atoms with Crippen LogP contribution in [0.1, 0.15) is 59.3 Å². The Labute approximate surface area is 277 Å². The molecule has 0 aliphatic carbocycles. The van der Waals surface area contributed by atoms with Gasteiger partial charge in [-0.15, -0.1) is 0 Å². The molecule has 48 heavy (non-hydrogen) atoms. The Morgan fingerprint density at radius 1 is 0.521 bits per heavy atom. The predicted molar refractivity (Wildman–Crippen MR) is 163 cm³/mol. The Hall–Kier alpha value is -3.54. The third kappa shape index (κ3) is 17.0. The summed E-state index contributed by atoms with van der Waals surface area (Å²) in [5.74, 6) is -4.77. The number of carbonyl (C=O) groups excluding carboxylic acids is 6. The molecule has 1 rings (SSSR count). The first-order valence-electron chi connectivity index (χ1n) is 15.6. The standard InChI is InChI=1S/C27H51N9O12/c1-16(37)34(46)10-4-7-19-25(43)30-14-23(41)28-13-22(40)29-15-24(42)31-20(8-5-11-35(47)17(2)38)26(44)33-21(27(45)32-19)9-6-12-36(48)18(3)39/h16-21,37-39,46-48H,4-15H2,1-3H3,(H,28,41)(H,29,40)(H,30,43)(H,31,42)(H,32,45)(H,33,44)/t16-,17-,18+,19?,20?,21?/m0/s1. The van der Waals surface area contributed by atoms with Crippen LogP contribution >= 0.6 is 0 Å². The highest BCUT2D eigenvalue weighted by Crippen LogP contribution is 2.08. The number of rotatable bonds is 15. The van der Waals surface area contributed by atoms with Gasteiger partial charge in [0.25, 0.3) is 0 Å². The van der Waals surface area contributed by atoms with Crippen molar-refractivity contribution in [2.45, 2.75) is 96.1 Å². The van der Waals surface area contributed by atoms with Crippen molar-refractivity contribution in [1.29, 1.82) is 0 Å². The lowest BCUT2D eigenvalue weighted by atomic mass is 10.1. The Morgan fingerprint density at radius 2 is 0.833 bits per heavy atom. The lowest BCUT2D eigenvalue weighted by Crippen LogP contribution is -2.58. The van der Waals surface area contributed by atoms with Crippen molar-refractivity contribution in [2.75, 3.05) is 39.3 Å². The first kappa shape index (κ1) is 42.5. The second kappa shape index (κ2) is 22.2. The van der Waals surface area contributed by atoms with Crippen LogP contribution < -0.4 is 31.9 Å². The molecule has 12 N–H and O–H groups in total. The highest BCUT2D eigenvalue weighted by molar-refractivity contribution is 5.96. The van der Waals surface area contributed by atoms with Gasteiger partial charge in [-0.05, 0) is 59.3 Å². The van der Waals surface area contributed by atoms with Crippen LogP contribution in [-0.4, -0.2) is 158 Å². The molecular weight excluding hydrogens is 642 g/mol. The Kier molecular flexibility index (Phi) is 19.6. The highest BCUT2D eigenvalue weighted by atomic mass is 16.5. The number of hydrogen-bond donors (Lipinski definition) is 12. The topological polar surface area (TPSA) is 306 Å². The lowest BCUT2D eigenvalue weighted by molar-refractivity contribution is -0.189. The molecule has 6 amide bonds. The van der Waals surface area contributed by atoms with Crippen LogP contribution in [0, 0.1) is 0 Å². The lowest BCUT2D eigenvalue weighted by Gasteiger charge is -2.27. The van der Waals surface area contributed by atoms with Gasteiger partial charge < -0.3 is 62.8 Å². The maximum Gasteiger partial charge on any atom is 0.243 e. The van der Waals surface area contributed by atoms with Gasteiger partial charge in [0.1, 0.15) is 36.8 Å². The maximum absolute atomic E-state index is 13.6. The van der Waals surface area contributed by atoms with E-state index in [4.69, 9.17) is 0 Å². The van der Waals surface area contributed by atoms with Gasteiger partial charge in [-0.3, -0.25) is 28.8 Å². The zero-order chi connectivity index (χ0) is 36.4. The molecule has 3 unspecified atom stereocenters. The van der Waals surface area contributed by atoms with Crippen LogP contribution in [0.15, 0.2) is 0 Å². The first-order valence-corrected chi connectivity index (χ1v) is 15.6. The summed E-state index contributed by atoms with van der Waals surface area (Å²) in [4.78, 5) is 77.2. The summed E-state index contributed by atoms with van der Waals surface area (Å²) in [6, 6.07) is -3.95. The molecule has 0 bridgehead atoms. The quantitative estimate of drug-likeness (QED) is 0.0566. The van der Waals surface area contributed by atoms with Gasteiger partial charge in [0.05, 0.1) is 19.6 Å². The molecule has 276 valence electrons. The predicted octanol–water partition coefficient (Wildman–Crippen LogP) is -4.77. The zero-order valence-electron chi connectivity index (χ0n) is 27.4. The Morgan fingerprint density at radius 3 is 1.21 bits per heavy atom. The number of aliphatic hydroxyl groups excluding tert-OH is 3. The van der Waals surface area contributed by atoms with E-state index in [1.807, 2.05) is 0 Å². The Bertz CT molecular complexity index is 1050. The first-order chi connectivity index (χ1) is 22.5. The van der Waals surface area contributed by atoms with E-state index < -0.39 is 91.9 Å². The summed E-state index contributed by atoms with van der Waals surface area (Å²) in [6.07, 6.45) is -3.73. The van der Waals surface area contributed by atoms with Crippen LogP contribution in [0.2, 0.25) is 0 Å². The smallest absolute Gasteiger partial charge is 0.243 e. The minimum Gasteiger partial charge on any atom is -0.377 e. The molecule has 0 aromatic rings. The molecule has 6 atom stereocenters. The number of aliphatic hydroxyl groups is 3. The third-order valence-electron chi connectivity index (χ3n) is 7.17. The normalized spacial score (nSPS) is 22.9. The van der Waals surface area contributed by atoms with Gasteiger partial charge in [-0.1, -0.05) is 0 Å². The summed E-state index contributed by atoms with van der Waals surface area (Å²) < 4.78 is 0. The second-order valence-electron chi connectivity index (χ2n) is 11.3. The van der Waals surface area contributed by atoms with Crippen molar-refractivity contribution < 1.29 is 59.7 Å². The van der Waals surface area contributed by atoms with Gasteiger partial charge in [-0.25, -0.2) is 0 Å². The SMILES string of the molecule is C[C@H](O)N(O)CCCC1NC(=O)CNC(=O)CNC(=O)CNC(=O)C(CCCN(O)[C@H](C)O)NC(=O)C(CCCN(O)[C@@H](C)O)NC1=O. The second-order valence-corrected chi connectivity index (χ2v) is 11.3. The molecule has 0 radical (unpaired) electrons. The number of amides is 6. The van der Waals surface area contributed by atoms with E-state index in [1.165, 1.54) is 20.8 Å². The number of carbonyl (C=O) groups is 6. The van der Waals surface area contributed by atoms with Crippen LogP contribution in [0.4, 0.5) is 0 Å². The van der Waals surface area contributed by atoms with Crippen molar-refractivity contribution in [1.82, 2.24) is 47.1 Å². The summed E-state index contributed by atoms with van der Waals surface area (Å²) in [5, 5.41) is 74.3. The summed E-state index contributed by atoms with van der Waals surface area (Å²) >= 11 is 0. The minimum absolute atomic E-state index is 0.0571. The average molecular weight is 694 g/mol. The molecule has 21 heteroatoms. The minimum atomic E-state index is -1.35. The maximum atomic E-state index is 13.6. The van der Waals surface area contributed by atoms with E-state index in [-0.39, 0.29) is 58.2 Å². The van der Waals surface area contributed by atoms with E-state index in [2.05, 4.69) is 31.9 Å². The van der Waals surface area contributed by atoms with Crippen LogP contribution in [0.3, 0.4) is 0 Å². The molecule has 1 saturated heterocycles. The van der Waals surface area contributed by atoms with Crippen molar-refractivity contribution in [3.8, 4) is 0 Å². The van der Waals surface area contributed by atoms with Gasteiger partial charge in [-0.2, -0.15) is 15.2 Å². The highest BCUT2D eigenvalue weighted by Gasteiger charge is 2.30. The fraction of sp³-hybridized carbons (Fsp3) is 0.778. The Balaban J connectivity index is 3.34. The van der Waals surface area contributed by atoms with Crippen LogP contribution in [0.5, 0.6) is 0 Å². The molecule has 0 aromatic heterocycles. The van der Waals surface area contributed by atoms with Crippen molar-refractivity contribution >= 4 is 35.4 Å². The van der Waals surface area contributed by atoms with Gasteiger partial charge in [0.15, 0.2) is 0 Å². The van der Waals surface area contributed by atoms with E-state index >= 15 is 0 Å². The van der Waals surface area contributed by atoms with E-state index in [0.717, 1.165) is 0 Å². The van der Waals surface area contributed by atoms with Crippen molar-refractivity contribution in [2.24, 2.45) is 0 Å². The summed E-state index contributed by atoms with van der Waals surface area (Å²) in [7, 11) is 0. The largest absolute Gasteiger partial charge is 0.377 e. The molecular formula is C27H51N9O12. The number of hydroxylamine groups is 6. The van der Waals surface area contributed by atoms with E-state index in [0.29, 0.717) is 15.2 Å². The molecule has 0 spiro atoms. The van der Waals surface area contributed by atoms with Crippen LogP contribution in [-0.2, 0) is 28.8 Å². The monoisotopic (exact) mass is 693 g/mol. The molecule has 0 aromatic carbocycles. The molecule has 0 saturated carbocycles. The van der Waals surface area contributed by atoms with Gasteiger partial charge >= 0.3 is 0 Å². The number of nitrogens with zero attached hydrogens (tertiary/aromatic N) is 3. The number of hydrogen-bond acceptors (Lipinski definition) is 15. The summed E-state index contributed by atoms with van der Waals surface area (Å²) in [6.45, 7) is 1.93. The fourth-order valence-corrected chi connectivity index (χ4v) is 4.30. The molecule has 1 aliphatic heterocycles. The number of nitrogens with one attached hydrogen (secondary N) is 6. The van der Waals surface area contributed by atoms with Gasteiger partial charge in [0, 0.05) is 19.6 Å². The molecule has 1 fully saturated rings. The molecule has 1 heterocycles. The van der Waals surface area contributed by atoms with Crippen molar-refractivity contribution in [3.63, 3.8) is 0 Å². The fourth-order valence-electron chi connectivity index (χ4n) is 4.30. The van der Waals surface area contributed by atoms with Crippen LogP contribution in [0.25, 0.3) is 0 Å². The average Bonchev–Trinajstić information content (AvgIpc) is 3.02. The van der Waals surface area contributed by atoms with Gasteiger partial charge in [0.2, 0.25) is 35.4 Å². The van der Waals surface area contributed by atoms with E-state index in [9.17, 15) is 59.7 Å².